The molecule has 0 N–H and O–H groups in total. The first-order valence-corrected chi connectivity index (χ1v) is 6.80. The Balaban J connectivity index is 1.55. The zero-order valence-electron chi connectivity index (χ0n) is 11.1. The fraction of sp³-hybridized carbons (Fsp3) is 0.235. The summed E-state index contributed by atoms with van der Waals surface area (Å²) in [6.45, 7) is 0.334. The van der Waals surface area contributed by atoms with Crippen LogP contribution < -0.4 is 4.74 Å². The van der Waals surface area contributed by atoms with E-state index in [2.05, 4.69) is 0 Å². The second kappa shape index (κ2) is 5.78. The predicted octanol–water partition coefficient (Wildman–Crippen LogP) is 3.93. The van der Waals surface area contributed by atoms with Crippen molar-refractivity contribution in [3.63, 3.8) is 0 Å². The molecule has 102 valence electrons. The molecule has 2 aromatic carbocycles. The Morgan fingerprint density at radius 1 is 0.950 bits per heavy atom. The van der Waals surface area contributed by atoms with Gasteiger partial charge in [-0.1, -0.05) is 30.3 Å². The number of carbonyl (C=O) groups is 1. The lowest BCUT2D eigenvalue weighted by molar-refractivity contribution is -0.146. The van der Waals surface area contributed by atoms with Crippen LogP contribution in [-0.2, 0) is 16.1 Å². The van der Waals surface area contributed by atoms with Crippen LogP contribution in [0.2, 0.25) is 0 Å². The first kappa shape index (κ1) is 12.7. The van der Waals surface area contributed by atoms with Gasteiger partial charge in [-0.2, -0.15) is 0 Å². The maximum Gasteiger partial charge on any atom is 0.309 e. The zero-order valence-corrected chi connectivity index (χ0v) is 11.1. The number of hydrogen-bond donors (Lipinski definition) is 0. The average Bonchev–Trinajstić information content (AvgIpc) is 3.32. The Morgan fingerprint density at radius 3 is 2.25 bits per heavy atom. The minimum atomic E-state index is -0.0744. The van der Waals surface area contributed by atoms with Gasteiger partial charge < -0.3 is 9.47 Å². The average molecular weight is 268 g/mol. The summed E-state index contributed by atoms with van der Waals surface area (Å²) >= 11 is 0. The molecule has 0 atom stereocenters. The van der Waals surface area contributed by atoms with Crippen molar-refractivity contribution < 1.29 is 14.3 Å². The Labute approximate surface area is 118 Å². The van der Waals surface area contributed by atoms with Gasteiger partial charge in [0, 0.05) is 0 Å². The molecule has 0 aromatic heterocycles. The maximum atomic E-state index is 11.4. The van der Waals surface area contributed by atoms with Gasteiger partial charge in [-0.05, 0) is 42.7 Å². The van der Waals surface area contributed by atoms with Crippen LogP contribution in [-0.4, -0.2) is 5.97 Å². The quantitative estimate of drug-likeness (QED) is 0.771. The van der Waals surface area contributed by atoms with E-state index in [9.17, 15) is 4.79 Å². The third-order valence-electron chi connectivity index (χ3n) is 3.19. The van der Waals surface area contributed by atoms with Crippen LogP contribution in [0, 0.1) is 5.92 Å². The molecule has 1 saturated carbocycles. The van der Waals surface area contributed by atoms with Crippen molar-refractivity contribution in [3.05, 3.63) is 60.2 Å². The molecule has 3 nitrogen and oxygen atoms in total. The zero-order chi connectivity index (χ0) is 13.8. The van der Waals surface area contributed by atoms with Crippen LogP contribution in [0.25, 0.3) is 0 Å². The van der Waals surface area contributed by atoms with Crippen molar-refractivity contribution in [1.82, 2.24) is 0 Å². The third-order valence-corrected chi connectivity index (χ3v) is 3.19. The van der Waals surface area contributed by atoms with Gasteiger partial charge in [-0.15, -0.1) is 0 Å². The molecule has 0 bridgehead atoms. The van der Waals surface area contributed by atoms with Crippen molar-refractivity contribution >= 4 is 5.97 Å². The highest BCUT2D eigenvalue weighted by Gasteiger charge is 2.31. The van der Waals surface area contributed by atoms with Crippen LogP contribution in [0.15, 0.2) is 54.6 Å². The van der Waals surface area contributed by atoms with Crippen molar-refractivity contribution in [2.45, 2.75) is 19.4 Å². The Hall–Kier alpha value is -2.29. The van der Waals surface area contributed by atoms with Gasteiger partial charge in [0.1, 0.15) is 18.1 Å². The number of ether oxygens (including phenoxy) is 2. The first-order chi connectivity index (χ1) is 9.81. The lowest BCUT2D eigenvalue weighted by Crippen LogP contribution is -2.06. The maximum absolute atomic E-state index is 11.4. The number of para-hydroxylation sites is 1. The Morgan fingerprint density at radius 2 is 1.60 bits per heavy atom. The molecular formula is C17H16O3. The van der Waals surface area contributed by atoms with Gasteiger partial charge in [0.05, 0.1) is 5.92 Å². The van der Waals surface area contributed by atoms with Crippen molar-refractivity contribution in [2.75, 3.05) is 0 Å². The molecule has 0 unspecified atom stereocenters. The van der Waals surface area contributed by atoms with Crippen molar-refractivity contribution in [3.8, 4) is 11.5 Å². The van der Waals surface area contributed by atoms with Gasteiger partial charge >= 0.3 is 5.97 Å². The van der Waals surface area contributed by atoms with E-state index in [0.29, 0.717) is 6.61 Å². The van der Waals surface area contributed by atoms with Gasteiger partial charge in [-0.3, -0.25) is 4.79 Å². The van der Waals surface area contributed by atoms with Crippen molar-refractivity contribution in [1.29, 1.82) is 0 Å². The number of rotatable bonds is 5. The molecule has 0 radical (unpaired) electrons. The molecule has 1 fully saturated rings. The molecule has 2 aromatic rings. The van der Waals surface area contributed by atoms with Gasteiger partial charge in [0.15, 0.2) is 0 Å². The number of esters is 1. The standard InChI is InChI=1S/C17H16O3/c18-17(14-8-9-14)19-12-13-6-10-16(11-7-13)20-15-4-2-1-3-5-15/h1-7,10-11,14H,8-9,12H2. The minimum absolute atomic E-state index is 0.0744. The van der Waals surface area contributed by atoms with Crippen LogP contribution >= 0.6 is 0 Å². The lowest BCUT2D eigenvalue weighted by atomic mass is 10.2. The molecule has 3 rings (SSSR count). The summed E-state index contributed by atoms with van der Waals surface area (Å²) in [6, 6.07) is 17.2. The first-order valence-electron chi connectivity index (χ1n) is 6.80. The van der Waals surface area contributed by atoms with Crippen LogP contribution in [0.4, 0.5) is 0 Å². The van der Waals surface area contributed by atoms with E-state index in [1.54, 1.807) is 0 Å². The highest BCUT2D eigenvalue weighted by atomic mass is 16.5. The van der Waals surface area contributed by atoms with Gasteiger partial charge in [-0.25, -0.2) is 0 Å². The molecular weight excluding hydrogens is 252 g/mol. The van der Waals surface area contributed by atoms with Gasteiger partial charge in [0.25, 0.3) is 0 Å². The van der Waals surface area contributed by atoms with Crippen LogP contribution in [0.1, 0.15) is 18.4 Å². The van der Waals surface area contributed by atoms with E-state index >= 15 is 0 Å². The fourth-order valence-corrected chi connectivity index (χ4v) is 1.87. The molecule has 20 heavy (non-hydrogen) atoms. The van der Waals surface area contributed by atoms with E-state index in [4.69, 9.17) is 9.47 Å². The van der Waals surface area contributed by atoms with E-state index in [-0.39, 0.29) is 11.9 Å². The van der Waals surface area contributed by atoms with E-state index in [0.717, 1.165) is 29.9 Å². The summed E-state index contributed by atoms with van der Waals surface area (Å²) in [6.07, 6.45) is 1.95. The molecule has 0 aliphatic heterocycles. The Kier molecular flexibility index (Phi) is 3.68. The van der Waals surface area contributed by atoms with E-state index in [1.165, 1.54) is 0 Å². The molecule has 3 heteroatoms. The predicted molar refractivity (Wildman–Crippen MR) is 75.5 cm³/mol. The van der Waals surface area contributed by atoms with Crippen LogP contribution in [0.3, 0.4) is 0 Å². The summed E-state index contributed by atoms with van der Waals surface area (Å²) in [5.74, 6) is 1.65. The lowest BCUT2D eigenvalue weighted by Gasteiger charge is -2.07. The molecule has 1 aliphatic rings. The normalized spacial score (nSPS) is 13.8. The molecule has 0 heterocycles. The third kappa shape index (κ3) is 3.38. The summed E-state index contributed by atoms with van der Waals surface area (Å²) < 4.78 is 10.9. The Bertz CT molecular complexity index is 571. The smallest absolute Gasteiger partial charge is 0.309 e. The number of benzene rings is 2. The molecule has 0 saturated heterocycles. The molecule has 1 aliphatic carbocycles. The van der Waals surface area contributed by atoms with Gasteiger partial charge in [0.2, 0.25) is 0 Å². The summed E-state index contributed by atoms with van der Waals surface area (Å²) in [5, 5.41) is 0. The summed E-state index contributed by atoms with van der Waals surface area (Å²) in [7, 11) is 0. The second-order valence-electron chi connectivity index (χ2n) is 4.94. The topological polar surface area (TPSA) is 35.5 Å². The second-order valence-corrected chi connectivity index (χ2v) is 4.94. The highest BCUT2D eigenvalue weighted by molar-refractivity contribution is 5.74. The number of hydrogen-bond acceptors (Lipinski definition) is 3. The SMILES string of the molecule is O=C(OCc1ccc(Oc2ccccc2)cc1)C1CC1. The molecule has 0 amide bonds. The molecule has 0 spiro atoms. The monoisotopic (exact) mass is 268 g/mol. The van der Waals surface area contributed by atoms with Crippen molar-refractivity contribution in [2.24, 2.45) is 5.92 Å². The largest absolute Gasteiger partial charge is 0.461 e. The number of carbonyl (C=O) groups excluding carboxylic acids is 1. The highest BCUT2D eigenvalue weighted by Crippen LogP contribution is 2.30. The minimum Gasteiger partial charge on any atom is -0.461 e. The fourth-order valence-electron chi connectivity index (χ4n) is 1.87. The van der Waals surface area contributed by atoms with E-state index < -0.39 is 0 Å². The van der Waals surface area contributed by atoms with Crippen LogP contribution in [0.5, 0.6) is 11.5 Å². The van der Waals surface area contributed by atoms with E-state index in [1.807, 2.05) is 54.6 Å². The summed E-state index contributed by atoms with van der Waals surface area (Å²) in [5.41, 5.74) is 0.972. The summed E-state index contributed by atoms with van der Waals surface area (Å²) in [4.78, 5) is 11.4.